The quantitative estimate of drug-likeness (QED) is 0.0403. The lowest BCUT2D eigenvalue weighted by Gasteiger charge is -2.21. The summed E-state index contributed by atoms with van der Waals surface area (Å²) in [5, 5.41) is 19.1. The van der Waals surface area contributed by atoms with Crippen LogP contribution >= 0.6 is 7.60 Å². The molecule has 0 aliphatic heterocycles. The Kier molecular flexibility index (Phi) is 29.1. The summed E-state index contributed by atoms with van der Waals surface area (Å²) in [6, 6.07) is 4.96. The fraction of sp³-hybridized carbons (Fsp3) is 0.638. The van der Waals surface area contributed by atoms with E-state index in [9.17, 15) is 23.7 Å². The standard InChI is InChI=1S/2C15H24N2O5.C12H21N2O6P.C5H10O3/c2*1-9(14(20-6)21-7)12(19-5)13(18)16-11-8-10(22-17-11)15(2,3)4;1-12(2,3)8-7-9(14-20-8)13-10(15)11(17-4)21(16,18-5)19-6;1-4(6)5(7-2)8-3/h2*8,14H,1-7H3,(H,16,17,18);7,11H,1-6H3,(H,13,14,15);5H,1-3H3/b12-9+;12-9-;;. The normalized spacial score (nSPS) is 13.0. The average Bonchev–Trinajstić information content (AvgIpc) is 4.11. The molecule has 0 aromatic carbocycles. The first kappa shape index (κ1) is 67.7. The summed E-state index contributed by atoms with van der Waals surface area (Å²) < 4.78 is 82.2. The van der Waals surface area contributed by atoms with Crippen LogP contribution in [0.4, 0.5) is 17.5 Å². The number of hydrogen-bond acceptors (Lipinski definition) is 22. The highest BCUT2D eigenvalue weighted by Crippen LogP contribution is 2.52. The zero-order valence-corrected chi connectivity index (χ0v) is 47.5. The van der Waals surface area contributed by atoms with Crippen molar-refractivity contribution in [3.05, 3.63) is 58.1 Å². The summed E-state index contributed by atoms with van der Waals surface area (Å²) in [6.07, 6.45) is -2.01. The maximum atomic E-state index is 12.3. The summed E-state index contributed by atoms with van der Waals surface area (Å²) in [4.78, 5) is 47.1. The second-order valence-corrected chi connectivity index (χ2v) is 20.6. The Balaban J connectivity index is 0.000000989. The van der Waals surface area contributed by atoms with Gasteiger partial charge in [-0.1, -0.05) is 77.8 Å². The number of hydrogen-bond donors (Lipinski definition) is 3. The number of nitrogens with zero attached hydrogens (tertiary/aromatic N) is 3. The van der Waals surface area contributed by atoms with E-state index >= 15 is 0 Å². The van der Waals surface area contributed by atoms with Gasteiger partial charge in [0.25, 0.3) is 17.7 Å². The van der Waals surface area contributed by atoms with Gasteiger partial charge in [0.15, 0.2) is 47.3 Å². The summed E-state index contributed by atoms with van der Waals surface area (Å²) in [5.41, 5.74) is 0.408. The molecule has 0 aliphatic rings. The first-order valence-electron chi connectivity index (χ1n) is 22.1. The highest BCUT2D eigenvalue weighted by Gasteiger charge is 2.41. The van der Waals surface area contributed by atoms with Gasteiger partial charge >= 0.3 is 7.60 Å². The Bertz CT molecular complexity index is 2160. The second kappa shape index (κ2) is 31.4. The van der Waals surface area contributed by atoms with Crippen LogP contribution in [0.1, 0.15) is 100 Å². The third-order valence-electron chi connectivity index (χ3n) is 9.59. The van der Waals surface area contributed by atoms with Crippen LogP contribution in [0, 0.1) is 0 Å². The molecule has 1 unspecified atom stereocenters. The van der Waals surface area contributed by atoms with Crippen molar-refractivity contribution in [3.8, 4) is 0 Å². The SMILES string of the molecule is CO/C(C(=O)Nc1cc(C(C)(C)C)on1)=C(/C)C(OC)OC.CO/C(C(=O)Nc1cc(C(C)(C)C)on1)=C(\C)C(OC)OC.COC(C(=O)Nc1cc(C(C)(C)C)on1)P(=O)(OC)OC.COC(OC)C(C)=O. The fourth-order valence-corrected chi connectivity index (χ4v) is 6.79. The highest BCUT2D eigenvalue weighted by molar-refractivity contribution is 7.55. The number of ketones is 1. The summed E-state index contributed by atoms with van der Waals surface area (Å²) >= 11 is 0. The molecule has 1 atom stereocenters. The van der Waals surface area contributed by atoms with Gasteiger partial charge in [0.2, 0.25) is 12.1 Å². The lowest BCUT2D eigenvalue weighted by atomic mass is 9.93. The topological polar surface area (TPSA) is 301 Å². The number of carbonyl (C=O) groups is 4. The number of nitrogens with one attached hydrogen (secondary N) is 3. The zero-order chi connectivity index (χ0) is 56.7. The van der Waals surface area contributed by atoms with Crippen LogP contribution in [0.5, 0.6) is 0 Å². The van der Waals surface area contributed by atoms with Crippen LogP contribution in [-0.4, -0.2) is 142 Å². The van der Waals surface area contributed by atoms with Crippen molar-refractivity contribution in [2.45, 2.75) is 124 Å². The Morgan fingerprint density at radius 1 is 0.479 bits per heavy atom. The predicted octanol–water partition coefficient (Wildman–Crippen LogP) is 7.46. The highest BCUT2D eigenvalue weighted by atomic mass is 31.2. The van der Waals surface area contributed by atoms with Gasteiger partial charge < -0.3 is 81.2 Å². The number of Topliss-reactive ketones (excluding diaryl/α,β-unsaturated/α-hetero) is 1. The number of rotatable bonds is 21. The number of methoxy groups -OCH3 is 9. The maximum absolute atomic E-state index is 12.3. The minimum atomic E-state index is -3.70. The molecule has 0 radical (unpaired) electrons. The first-order chi connectivity index (χ1) is 33.9. The van der Waals surface area contributed by atoms with Gasteiger partial charge in [0.1, 0.15) is 17.3 Å². The Labute approximate surface area is 428 Å². The molecule has 73 heavy (non-hydrogen) atoms. The van der Waals surface area contributed by atoms with E-state index in [0.29, 0.717) is 40.1 Å². The molecule has 26 heteroatoms. The van der Waals surface area contributed by atoms with Gasteiger partial charge in [-0.2, -0.15) is 0 Å². The van der Waals surface area contributed by atoms with Crippen molar-refractivity contribution in [2.24, 2.45) is 0 Å². The number of anilines is 3. The van der Waals surface area contributed by atoms with Crippen LogP contribution < -0.4 is 16.0 Å². The van der Waals surface area contributed by atoms with E-state index < -0.39 is 50.0 Å². The Hall–Kier alpha value is -5.34. The average molecular weight is 1060 g/mol. The molecule has 0 spiro atoms. The largest absolute Gasteiger partial charge is 0.491 e. The first-order valence-corrected chi connectivity index (χ1v) is 23.8. The molecule has 0 saturated heterocycles. The molecule has 416 valence electrons. The van der Waals surface area contributed by atoms with E-state index in [2.05, 4.69) is 40.9 Å². The van der Waals surface area contributed by atoms with Crippen molar-refractivity contribution in [1.29, 1.82) is 0 Å². The molecule has 3 N–H and O–H groups in total. The minimum Gasteiger partial charge on any atom is -0.491 e. The lowest BCUT2D eigenvalue weighted by Crippen LogP contribution is -2.30. The molecule has 0 aliphatic carbocycles. The van der Waals surface area contributed by atoms with Crippen molar-refractivity contribution in [3.63, 3.8) is 0 Å². The van der Waals surface area contributed by atoms with E-state index in [1.807, 2.05) is 62.3 Å². The fourth-order valence-electron chi connectivity index (χ4n) is 5.65. The molecule has 3 amide bonds. The minimum absolute atomic E-state index is 0.106. The van der Waals surface area contributed by atoms with Crippen LogP contribution in [0.3, 0.4) is 0 Å². The van der Waals surface area contributed by atoms with E-state index in [-0.39, 0.29) is 39.4 Å². The van der Waals surface area contributed by atoms with E-state index in [0.717, 1.165) is 0 Å². The van der Waals surface area contributed by atoms with Crippen molar-refractivity contribution >= 4 is 48.6 Å². The molecule has 0 fully saturated rings. The number of carbonyl (C=O) groups excluding carboxylic acids is 4. The number of aromatic nitrogens is 3. The van der Waals surface area contributed by atoms with Gasteiger partial charge in [0.05, 0.1) is 14.2 Å². The lowest BCUT2D eigenvalue weighted by molar-refractivity contribution is -0.154. The van der Waals surface area contributed by atoms with Gasteiger partial charge in [-0.3, -0.25) is 23.7 Å². The van der Waals surface area contributed by atoms with Gasteiger partial charge in [-0.05, 0) is 20.8 Å². The third-order valence-corrected chi connectivity index (χ3v) is 11.6. The molecule has 0 bridgehead atoms. The summed E-state index contributed by atoms with van der Waals surface area (Å²) in [5.74, 6) is -0.103. The molecule has 25 nitrogen and oxygen atoms in total. The van der Waals surface area contributed by atoms with Crippen molar-refractivity contribution in [2.75, 3.05) is 94.2 Å². The predicted molar refractivity (Wildman–Crippen MR) is 267 cm³/mol. The number of amides is 3. The smallest absolute Gasteiger partial charge is 0.368 e. The maximum Gasteiger partial charge on any atom is 0.368 e. The van der Waals surface area contributed by atoms with Gasteiger partial charge in [0, 0.05) is 110 Å². The van der Waals surface area contributed by atoms with Crippen molar-refractivity contribution in [1.82, 2.24) is 15.5 Å². The summed E-state index contributed by atoms with van der Waals surface area (Å²) in [7, 11) is 11.5. The third kappa shape index (κ3) is 21.6. The van der Waals surface area contributed by atoms with Gasteiger partial charge in [-0.25, -0.2) is 0 Å². The molecule has 3 aromatic rings. The van der Waals surface area contributed by atoms with Crippen LogP contribution in [-0.2, 0) is 91.7 Å². The molecule has 0 saturated carbocycles. The molecular formula is C47H79N6O19P. The number of ether oxygens (including phenoxy) is 9. The Morgan fingerprint density at radius 2 is 0.767 bits per heavy atom. The van der Waals surface area contributed by atoms with E-state index in [1.54, 1.807) is 32.0 Å². The van der Waals surface area contributed by atoms with E-state index in [1.165, 1.54) is 85.1 Å². The molecule has 3 aromatic heterocycles. The monoisotopic (exact) mass is 1060 g/mol. The van der Waals surface area contributed by atoms with Gasteiger partial charge in [-0.15, -0.1) is 0 Å². The molecular weight excluding hydrogens is 984 g/mol. The molecule has 3 heterocycles. The summed E-state index contributed by atoms with van der Waals surface area (Å²) in [6.45, 7) is 22.6. The van der Waals surface area contributed by atoms with Crippen LogP contribution in [0.2, 0.25) is 0 Å². The Morgan fingerprint density at radius 3 is 0.959 bits per heavy atom. The van der Waals surface area contributed by atoms with Crippen LogP contribution in [0.25, 0.3) is 0 Å². The molecule has 3 rings (SSSR count). The van der Waals surface area contributed by atoms with Crippen LogP contribution in [0.15, 0.2) is 54.4 Å². The second-order valence-electron chi connectivity index (χ2n) is 18.3. The van der Waals surface area contributed by atoms with E-state index in [4.69, 9.17) is 55.8 Å². The van der Waals surface area contributed by atoms with Crippen molar-refractivity contribution < 1.29 is 89.0 Å². The zero-order valence-electron chi connectivity index (χ0n) is 46.6.